The minimum atomic E-state index is -2.01. The lowest BCUT2D eigenvalue weighted by molar-refractivity contribution is -0.480. The molecule has 1 rings (SSSR count). The third kappa shape index (κ3) is 5.78. The van der Waals surface area contributed by atoms with Gasteiger partial charge in [-0.15, -0.1) is 0 Å². The molecular weight excluding hydrogens is 310 g/mol. The van der Waals surface area contributed by atoms with Gasteiger partial charge in [0.05, 0.1) is 14.5 Å². The van der Waals surface area contributed by atoms with Gasteiger partial charge in [-0.25, -0.2) is 0 Å². The molecule has 0 amide bonds. The molecule has 0 aliphatic rings. The number of carbonyl (C=O) groups excluding carboxylic acids is 1. The molecule has 0 spiro atoms. The molecule has 0 aliphatic carbocycles. The first-order chi connectivity index (χ1) is 10.5. The van der Waals surface area contributed by atoms with Crippen LogP contribution in [0.15, 0.2) is 30.3 Å². The Morgan fingerprint density at radius 3 is 2.30 bits per heavy atom. The molecule has 128 valence electrons. The zero-order valence-electron chi connectivity index (χ0n) is 14.7. The average molecular weight is 337 g/mol. The molecule has 0 fully saturated rings. The third-order valence-corrected chi connectivity index (χ3v) is 11.3. The van der Waals surface area contributed by atoms with Crippen molar-refractivity contribution < 1.29 is 14.5 Å². The van der Waals surface area contributed by atoms with Crippen molar-refractivity contribution in [3.05, 3.63) is 46.0 Å². The molecule has 23 heavy (non-hydrogen) atoms. The standard InChI is InChI=1S/C17H27NO4Si/c1-17(2,3)23(4,5)15(12-18(20)21)11-16(19)22-13-14-9-7-6-8-10-14/h6-10,15H,11-13H2,1-5H3. The number of benzene rings is 1. The van der Waals surface area contributed by atoms with Crippen molar-refractivity contribution in [1.82, 2.24) is 0 Å². The fourth-order valence-electron chi connectivity index (χ4n) is 2.34. The molecule has 0 radical (unpaired) electrons. The van der Waals surface area contributed by atoms with Crippen LogP contribution in [-0.2, 0) is 16.1 Å². The molecule has 0 bridgehead atoms. The Kier molecular flexibility index (Phi) is 6.50. The van der Waals surface area contributed by atoms with E-state index in [1.165, 1.54) is 0 Å². The molecule has 0 aromatic heterocycles. The van der Waals surface area contributed by atoms with Crippen LogP contribution in [0.2, 0.25) is 23.7 Å². The van der Waals surface area contributed by atoms with Gasteiger partial charge in [-0.05, 0) is 10.6 Å². The summed E-state index contributed by atoms with van der Waals surface area (Å²) >= 11 is 0. The third-order valence-electron chi connectivity index (χ3n) is 4.98. The summed E-state index contributed by atoms with van der Waals surface area (Å²) < 4.78 is 5.31. The molecule has 5 nitrogen and oxygen atoms in total. The van der Waals surface area contributed by atoms with E-state index in [0.29, 0.717) is 0 Å². The van der Waals surface area contributed by atoms with Gasteiger partial charge in [0, 0.05) is 10.5 Å². The van der Waals surface area contributed by atoms with Gasteiger partial charge in [-0.2, -0.15) is 0 Å². The molecule has 0 heterocycles. The molecule has 0 saturated carbocycles. The summed E-state index contributed by atoms with van der Waals surface area (Å²) in [6, 6.07) is 9.43. The molecule has 0 saturated heterocycles. The Morgan fingerprint density at radius 1 is 1.26 bits per heavy atom. The summed E-state index contributed by atoms with van der Waals surface area (Å²) in [5.74, 6) is -0.356. The van der Waals surface area contributed by atoms with E-state index in [1.807, 2.05) is 30.3 Å². The molecular formula is C17H27NO4Si. The van der Waals surface area contributed by atoms with Crippen LogP contribution in [0.3, 0.4) is 0 Å². The number of rotatable bonds is 7. The maximum atomic E-state index is 12.2. The highest BCUT2D eigenvalue weighted by molar-refractivity contribution is 6.81. The van der Waals surface area contributed by atoms with E-state index in [2.05, 4.69) is 33.9 Å². The number of esters is 1. The molecule has 0 N–H and O–H groups in total. The van der Waals surface area contributed by atoms with Gasteiger partial charge in [0.1, 0.15) is 6.61 Å². The number of carbonyl (C=O) groups is 1. The van der Waals surface area contributed by atoms with Crippen molar-refractivity contribution in [2.75, 3.05) is 6.54 Å². The predicted molar refractivity (Wildman–Crippen MR) is 93.7 cm³/mol. The summed E-state index contributed by atoms with van der Waals surface area (Å²) in [6.07, 6.45) is 0.115. The van der Waals surface area contributed by atoms with Gasteiger partial charge in [-0.3, -0.25) is 14.9 Å². The van der Waals surface area contributed by atoms with Crippen molar-refractivity contribution in [2.24, 2.45) is 0 Å². The number of nitrogens with zero attached hydrogens (tertiary/aromatic N) is 1. The van der Waals surface area contributed by atoms with Gasteiger partial charge in [0.25, 0.3) is 0 Å². The van der Waals surface area contributed by atoms with Crippen LogP contribution < -0.4 is 0 Å². The Balaban J connectivity index is 2.73. The molecule has 6 heteroatoms. The lowest BCUT2D eigenvalue weighted by Gasteiger charge is -2.41. The highest BCUT2D eigenvalue weighted by Crippen LogP contribution is 2.45. The van der Waals surface area contributed by atoms with E-state index in [0.717, 1.165) is 5.56 Å². The first kappa shape index (κ1) is 19.4. The second-order valence-electron chi connectivity index (χ2n) is 7.53. The minimum Gasteiger partial charge on any atom is -0.461 e. The summed E-state index contributed by atoms with van der Waals surface area (Å²) in [5.41, 5.74) is 0.680. The zero-order valence-corrected chi connectivity index (χ0v) is 15.7. The maximum absolute atomic E-state index is 12.2. The van der Waals surface area contributed by atoms with Crippen molar-refractivity contribution in [1.29, 1.82) is 0 Å². The highest BCUT2D eigenvalue weighted by atomic mass is 28.3. The van der Waals surface area contributed by atoms with Gasteiger partial charge < -0.3 is 4.74 Å². The van der Waals surface area contributed by atoms with Crippen molar-refractivity contribution >= 4 is 14.0 Å². The minimum absolute atomic E-state index is 0.0204. The Bertz CT molecular complexity index is 537. The topological polar surface area (TPSA) is 69.4 Å². The van der Waals surface area contributed by atoms with E-state index in [4.69, 9.17) is 4.74 Å². The molecule has 0 aliphatic heterocycles. The van der Waals surface area contributed by atoms with E-state index in [-0.39, 0.29) is 41.0 Å². The van der Waals surface area contributed by atoms with E-state index in [9.17, 15) is 14.9 Å². The van der Waals surface area contributed by atoms with Crippen LogP contribution in [0.4, 0.5) is 0 Å². The van der Waals surface area contributed by atoms with Gasteiger partial charge in [0.2, 0.25) is 6.54 Å². The summed E-state index contributed by atoms with van der Waals surface area (Å²) in [4.78, 5) is 22.9. The number of hydrogen-bond acceptors (Lipinski definition) is 4. The van der Waals surface area contributed by atoms with Gasteiger partial charge >= 0.3 is 5.97 Å². The zero-order chi connectivity index (χ0) is 17.7. The molecule has 1 aromatic rings. The summed E-state index contributed by atoms with van der Waals surface area (Å²) in [5, 5.41) is 11.0. The number of ether oxygens (including phenoxy) is 1. The molecule has 1 unspecified atom stereocenters. The molecule has 1 aromatic carbocycles. The van der Waals surface area contributed by atoms with Gasteiger partial charge in [0.15, 0.2) is 0 Å². The van der Waals surface area contributed by atoms with Crippen LogP contribution >= 0.6 is 0 Å². The normalized spacial score (nSPS) is 13.4. The molecule has 1 atom stereocenters. The average Bonchev–Trinajstić information content (AvgIpc) is 2.44. The first-order valence-corrected chi connectivity index (χ1v) is 10.9. The fourth-order valence-corrected chi connectivity index (χ4v) is 4.85. The van der Waals surface area contributed by atoms with E-state index >= 15 is 0 Å². The van der Waals surface area contributed by atoms with E-state index in [1.54, 1.807) is 0 Å². The summed E-state index contributed by atoms with van der Waals surface area (Å²) in [6.45, 7) is 10.6. The van der Waals surface area contributed by atoms with Crippen molar-refractivity contribution in [3.63, 3.8) is 0 Å². The van der Waals surface area contributed by atoms with Crippen molar-refractivity contribution in [2.45, 2.75) is 57.5 Å². The highest BCUT2D eigenvalue weighted by Gasteiger charge is 2.45. The quantitative estimate of drug-likeness (QED) is 0.322. The largest absolute Gasteiger partial charge is 0.461 e. The lowest BCUT2D eigenvalue weighted by Crippen LogP contribution is -2.45. The van der Waals surface area contributed by atoms with Crippen LogP contribution in [-0.4, -0.2) is 25.5 Å². The predicted octanol–water partition coefficient (Wildman–Crippen LogP) is 4.28. The second kappa shape index (κ2) is 7.72. The fraction of sp³-hybridized carbons (Fsp3) is 0.588. The Morgan fingerprint density at radius 2 is 1.83 bits per heavy atom. The SMILES string of the molecule is CC(C)(C)[Si](C)(C)C(CC(=O)OCc1ccccc1)C[N+](=O)[O-]. The van der Waals surface area contributed by atoms with E-state index < -0.39 is 8.07 Å². The van der Waals surface area contributed by atoms with Crippen LogP contribution in [0.1, 0.15) is 32.8 Å². The maximum Gasteiger partial charge on any atom is 0.306 e. The van der Waals surface area contributed by atoms with Crippen LogP contribution in [0.25, 0.3) is 0 Å². The second-order valence-corrected chi connectivity index (χ2v) is 13.3. The summed E-state index contributed by atoms with van der Waals surface area (Å²) in [7, 11) is -2.01. The van der Waals surface area contributed by atoms with Crippen LogP contribution in [0, 0.1) is 10.1 Å². The first-order valence-electron chi connectivity index (χ1n) is 7.85. The Hall–Kier alpha value is -1.69. The monoisotopic (exact) mass is 337 g/mol. The number of nitro groups is 1. The lowest BCUT2D eigenvalue weighted by atomic mass is 10.2. The number of hydrogen-bond donors (Lipinski definition) is 0. The van der Waals surface area contributed by atoms with Crippen molar-refractivity contribution in [3.8, 4) is 0 Å². The van der Waals surface area contributed by atoms with Gasteiger partial charge in [-0.1, -0.05) is 64.2 Å². The Labute approximate surface area is 139 Å². The smallest absolute Gasteiger partial charge is 0.306 e. The van der Waals surface area contributed by atoms with Crippen LogP contribution in [0.5, 0.6) is 0 Å².